The summed E-state index contributed by atoms with van der Waals surface area (Å²) in [5.74, 6) is 0.153. The normalized spacial score (nSPS) is 27.4. The van der Waals surface area contributed by atoms with Gasteiger partial charge in [-0.1, -0.05) is 0 Å². The lowest BCUT2D eigenvalue weighted by atomic mass is 9.75. The first kappa shape index (κ1) is 15.2. The summed E-state index contributed by atoms with van der Waals surface area (Å²) in [5, 5.41) is 0. The van der Waals surface area contributed by atoms with Crippen LogP contribution in [0.3, 0.4) is 0 Å². The zero-order valence-corrected chi connectivity index (χ0v) is 13.6. The van der Waals surface area contributed by atoms with Crippen molar-refractivity contribution in [3.63, 3.8) is 0 Å². The van der Waals surface area contributed by atoms with E-state index in [9.17, 15) is 13.2 Å². The fraction of sp³-hybridized carbons (Fsp3) is 0.929. The SMILES string of the molecule is COC1(CC(=O)N2CC3(CCN(S(C)(=O)=O)C3)C2)CCC1. The summed E-state index contributed by atoms with van der Waals surface area (Å²) in [6.07, 6.45) is 5.65. The number of likely N-dealkylation sites (tertiary alicyclic amines) is 1. The summed E-state index contributed by atoms with van der Waals surface area (Å²) >= 11 is 0. The third-order valence-corrected chi connectivity index (χ3v) is 6.70. The van der Waals surface area contributed by atoms with Crippen LogP contribution >= 0.6 is 0 Å². The van der Waals surface area contributed by atoms with Crippen LogP contribution in [0.25, 0.3) is 0 Å². The maximum Gasteiger partial charge on any atom is 0.225 e. The highest BCUT2D eigenvalue weighted by Gasteiger charge is 2.52. The van der Waals surface area contributed by atoms with Gasteiger partial charge in [0.2, 0.25) is 15.9 Å². The average molecular weight is 316 g/mol. The maximum atomic E-state index is 12.3. The van der Waals surface area contributed by atoms with Crippen LogP contribution in [0.4, 0.5) is 0 Å². The molecular formula is C14H24N2O4S. The fourth-order valence-corrected chi connectivity index (χ4v) is 4.72. The Morgan fingerprint density at radius 1 is 1.19 bits per heavy atom. The van der Waals surface area contributed by atoms with Crippen LogP contribution < -0.4 is 0 Å². The van der Waals surface area contributed by atoms with Crippen molar-refractivity contribution in [2.45, 2.75) is 37.7 Å². The van der Waals surface area contributed by atoms with Gasteiger partial charge in [-0.25, -0.2) is 12.7 Å². The van der Waals surface area contributed by atoms with Gasteiger partial charge in [-0.05, 0) is 25.7 Å². The first-order valence-corrected chi connectivity index (χ1v) is 9.41. The molecule has 2 saturated heterocycles. The number of carbonyl (C=O) groups is 1. The second-order valence-electron chi connectivity index (χ2n) is 7.01. The number of amides is 1. The Morgan fingerprint density at radius 2 is 1.86 bits per heavy atom. The van der Waals surface area contributed by atoms with Crippen molar-refractivity contribution in [1.82, 2.24) is 9.21 Å². The molecule has 0 bridgehead atoms. The molecule has 1 spiro atoms. The molecule has 1 amide bonds. The van der Waals surface area contributed by atoms with Gasteiger partial charge in [0.05, 0.1) is 18.3 Å². The van der Waals surface area contributed by atoms with Gasteiger partial charge in [0.1, 0.15) is 0 Å². The molecule has 3 aliphatic rings. The van der Waals surface area contributed by atoms with Crippen LogP contribution in [0.2, 0.25) is 0 Å². The Morgan fingerprint density at radius 3 is 2.29 bits per heavy atom. The minimum Gasteiger partial charge on any atom is -0.378 e. The van der Waals surface area contributed by atoms with Gasteiger partial charge in [0.15, 0.2) is 0 Å². The van der Waals surface area contributed by atoms with Gasteiger partial charge < -0.3 is 9.64 Å². The standard InChI is InChI=1S/C14H24N2O4S/c1-20-14(4-3-5-14)8-12(17)15-9-13(10-15)6-7-16(11-13)21(2,18)19/h3-11H2,1-2H3. The molecule has 0 aromatic carbocycles. The molecule has 0 atom stereocenters. The monoisotopic (exact) mass is 316 g/mol. The molecule has 0 N–H and O–H groups in total. The molecule has 3 fully saturated rings. The number of hydrogen-bond acceptors (Lipinski definition) is 4. The van der Waals surface area contributed by atoms with Crippen molar-refractivity contribution < 1.29 is 17.9 Å². The van der Waals surface area contributed by atoms with Crippen molar-refractivity contribution in [1.29, 1.82) is 0 Å². The fourth-order valence-electron chi connectivity index (χ4n) is 3.79. The van der Waals surface area contributed by atoms with Gasteiger partial charge >= 0.3 is 0 Å². The molecule has 3 rings (SSSR count). The Hall–Kier alpha value is -0.660. The second kappa shape index (κ2) is 4.93. The van der Waals surface area contributed by atoms with Crippen molar-refractivity contribution in [2.75, 3.05) is 39.5 Å². The molecule has 2 aliphatic heterocycles. The summed E-state index contributed by atoms with van der Waals surface area (Å²) in [6.45, 7) is 2.53. The summed E-state index contributed by atoms with van der Waals surface area (Å²) in [6, 6.07) is 0. The number of ether oxygens (including phenoxy) is 1. The van der Waals surface area contributed by atoms with Crippen LogP contribution in [0.1, 0.15) is 32.1 Å². The summed E-state index contributed by atoms with van der Waals surface area (Å²) in [4.78, 5) is 14.2. The van der Waals surface area contributed by atoms with E-state index in [0.717, 1.165) is 25.7 Å². The lowest BCUT2D eigenvalue weighted by molar-refractivity contribution is -0.154. The first-order valence-electron chi connectivity index (χ1n) is 7.56. The summed E-state index contributed by atoms with van der Waals surface area (Å²) in [5.41, 5.74) is -0.229. The zero-order chi connectivity index (χ0) is 15.3. The number of nitrogens with zero attached hydrogens (tertiary/aromatic N) is 2. The third kappa shape index (κ3) is 2.71. The molecule has 1 saturated carbocycles. The zero-order valence-electron chi connectivity index (χ0n) is 12.8. The number of carbonyl (C=O) groups excluding carboxylic acids is 1. The molecule has 1 aliphatic carbocycles. The van der Waals surface area contributed by atoms with E-state index in [2.05, 4.69) is 0 Å². The molecule has 0 unspecified atom stereocenters. The summed E-state index contributed by atoms with van der Waals surface area (Å²) < 4.78 is 30.2. The topological polar surface area (TPSA) is 66.9 Å². The first-order chi connectivity index (χ1) is 9.78. The number of sulfonamides is 1. The Balaban J connectivity index is 1.53. The smallest absolute Gasteiger partial charge is 0.225 e. The van der Waals surface area contributed by atoms with Gasteiger partial charge in [0.25, 0.3) is 0 Å². The van der Waals surface area contributed by atoms with Gasteiger partial charge in [-0.3, -0.25) is 4.79 Å². The molecule has 0 aromatic rings. The lowest BCUT2D eigenvalue weighted by Gasteiger charge is -2.50. The van der Waals surface area contributed by atoms with Crippen molar-refractivity contribution in [2.24, 2.45) is 5.41 Å². The molecule has 120 valence electrons. The van der Waals surface area contributed by atoms with E-state index < -0.39 is 10.0 Å². The van der Waals surface area contributed by atoms with Crippen LogP contribution in [-0.4, -0.2) is 68.7 Å². The van der Waals surface area contributed by atoms with Crippen molar-refractivity contribution >= 4 is 15.9 Å². The van der Waals surface area contributed by atoms with Crippen LogP contribution in [-0.2, 0) is 19.6 Å². The minimum atomic E-state index is -3.11. The highest BCUT2D eigenvalue weighted by molar-refractivity contribution is 7.88. The number of methoxy groups -OCH3 is 1. The Bertz CT molecular complexity index is 530. The second-order valence-corrected chi connectivity index (χ2v) is 9.00. The number of hydrogen-bond donors (Lipinski definition) is 0. The predicted octanol–water partition coefficient (Wildman–Crippen LogP) is 0.440. The average Bonchev–Trinajstić information content (AvgIpc) is 2.76. The highest BCUT2D eigenvalue weighted by Crippen LogP contribution is 2.43. The lowest BCUT2D eigenvalue weighted by Crippen LogP contribution is -2.61. The van der Waals surface area contributed by atoms with Crippen molar-refractivity contribution in [3.05, 3.63) is 0 Å². The van der Waals surface area contributed by atoms with E-state index in [4.69, 9.17) is 4.74 Å². The quantitative estimate of drug-likeness (QED) is 0.755. The van der Waals surface area contributed by atoms with E-state index in [1.807, 2.05) is 4.90 Å². The predicted molar refractivity (Wildman–Crippen MR) is 78.3 cm³/mol. The highest BCUT2D eigenvalue weighted by atomic mass is 32.2. The summed E-state index contributed by atoms with van der Waals surface area (Å²) in [7, 11) is -1.42. The van der Waals surface area contributed by atoms with E-state index >= 15 is 0 Å². The molecule has 0 aromatic heterocycles. The Kier molecular flexibility index (Phi) is 3.58. The van der Waals surface area contributed by atoms with Crippen molar-refractivity contribution in [3.8, 4) is 0 Å². The molecule has 7 heteroatoms. The minimum absolute atomic E-state index is 0.00140. The largest absolute Gasteiger partial charge is 0.378 e. The van der Waals surface area contributed by atoms with Gasteiger partial charge in [-0.2, -0.15) is 0 Å². The van der Waals surface area contributed by atoms with Crippen LogP contribution in [0, 0.1) is 5.41 Å². The van der Waals surface area contributed by atoms with E-state index in [1.165, 1.54) is 10.6 Å². The van der Waals surface area contributed by atoms with Crippen LogP contribution in [0.15, 0.2) is 0 Å². The third-order valence-electron chi connectivity index (χ3n) is 5.45. The molecule has 21 heavy (non-hydrogen) atoms. The van der Waals surface area contributed by atoms with Gasteiger partial charge in [-0.15, -0.1) is 0 Å². The molecular weight excluding hydrogens is 292 g/mol. The molecule has 6 nitrogen and oxygen atoms in total. The maximum absolute atomic E-state index is 12.3. The van der Waals surface area contributed by atoms with E-state index in [-0.39, 0.29) is 16.9 Å². The van der Waals surface area contributed by atoms with Gasteiger partial charge in [0, 0.05) is 38.7 Å². The van der Waals surface area contributed by atoms with E-state index in [0.29, 0.717) is 32.6 Å². The number of rotatable bonds is 4. The van der Waals surface area contributed by atoms with Crippen LogP contribution in [0.5, 0.6) is 0 Å². The van der Waals surface area contributed by atoms with E-state index in [1.54, 1.807) is 7.11 Å². The Labute approximate surface area is 126 Å². The molecule has 0 radical (unpaired) electrons. The molecule has 2 heterocycles.